The third-order valence-electron chi connectivity index (χ3n) is 4.39. The molecule has 0 fully saturated rings. The van der Waals surface area contributed by atoms with Crippen LogP contribution in [-0.2, 0) is 0 Å². The molecule has 15 heavy (non-hydrogen) atoms. The van der Waals surface area contributed by atoms with Crippen LogP contribution in [0.4, 0.5) is 0 Å². The molecule has 1 nitrogen and oxygen atoms in total. The fourth-order valence-electron chi connectivity index (χ4n) is 2.88. The number of aliphatic hydroxyl groups excluding tert-OH is 1. The predicted octanol–water partition coefficient (Wildman–Crippen LogP) is 3.92. The molecule has 0 aromatic rings. The van der Waals surface area contributed by atoms with Gasteiger partial charge in [-0.15, -0.1) is 0 Å². The summed E-state index contributed by atoms with van der Waals surface area (Å²) >= 11 is 0. The molecule has 1 heteroatoms. The summed E-state index contributed by atoms with van der Waals surface area (Å²) in [6.07, 6.45) is 4.11. The molecule has 0 radical (unpaired) electrons. The van der Waals surface area contributed by atoms with E-state index in [0.717, 1.165) is 25.2 Å². The summed E-state index contributed by atoms with van der Waals surface area (Å²) in [4.78, 5) is 0. The van der Waals surface area contributed by atoms with Gasteiger partial charge >= 0.3 is 0 Å². The molecule has 0 saturated heterocycles. The van der Waals surface area contributed by atoms with Crippen LogP contribution in [0.15, 0.2) is 11.1 Å². The monoisotopic (exact) mass is 210 g/mol. The van der Waals surface area contributed by atoms with Crippen LogP contribution in [0, 0.1) is 11.3 Å². The molecule has 0 spiro atoms. The minimum atomic E-state index is -0.189. The van der Waals surface area contributed by atoms with Crippen molar-refractivity contribution in [3.05, 3.63) is 11.1 Å². The highest BCUT2D eigenvalue weighted by molar-refractivity contribution is 5.29. The van der Waals surface area contributed by atoms with E-state index in [-0.39, 0.29) is 6.10 Å². The van der Waals surface area contributed by atoms with Gasteiger partial charge in [0, 0.05) is 0 Å². The molecule has 0 bridgehead atoms. The quantitative estimate of drug-likeness (QED) is 0.697. The largest absolute Gasteiger partial charge is 0.389 e. The van der Waals surface area contributed by atoms with Gasteiger partial charge in [0.15, 0.2) is 0 Å². The van der Waals surface area contributed by atoms with Crippen LogP contribution >= 0.6 is 0 Å². The lowest BCUT2D eigenvalue weighted by Gasteiger charge is -2.28. The lowest BCUT2D eigenvalue weighted by atomic mass is 9.76. The molecule has 2 unspecified atom stereocenters. The van der Waals surface area contributed by atoms with Crippen molar-refractivity contribution in [2.45, 2.75) is 66.4 Å². The summed E-state index contributed by atoms with van der Waals surface area (Å²) in [5.41, 5.74) is 3.06. The van der Waals surface area contributed by atoms with Crippen LogP contribution in [0.2, 0.25) is 0 Å². The average molecular weight is 210 g/mol. The second-order valence-corrected chi connectivity index (χ2v) is 5.49. The highest BCUT2D eigenvalue weighted by Crippen LogP contribution is 2.49. The Hall–Kier alpha value is -0.300. The number of hydrogen-bond acceptors (Lipinski definition) is 1. The van der Waals surface area contributed by atoms with Gasteiger partial charge in [-0.05, 0) is 36.7 Å². The average Bonchev–Trinajstić information content (AvgIpc) is 2.39. The van der Waals surface area contributed by atoms with Crippen molar-refractivity contribution in [3.63, 3.8) is 0 Å². The minimum Gasteiger partial charge on any atom is -0.389 e. The zero-order valence-electron chi connectivity index (χ0n) is 10.9. The van der Waals surface area contributed by atoms with E-state index in [4.69, 9.17) is 0 Å². The maximum Gasteiger partial charge on any atom is 0.0752 e. The Morgan fingerprint density at radius 3 is 2.40 bits per heavy atom. The molecular formula is C14H26O. The normalized spacial score (nSPS) is 27.2. The van der Waals surface area contributed by atoms with Crippen LogP contribution in [0.25, 0.3) is 0 Å². The number of allylic oxidation sites excluding steroid dienone is 1. The molecule has 1 aliphatic carbocycles. The summed E-state index contributed by atoms with van der Waals surface area (Å²) in [7, 11) is 0. The van der Waals surface area contributed by atoms with Gasteiger partial charge in [-0.25, -0.2) is 0 Å². The van der Waals surface area contributed by atoms with Crippen molar-refractivity contribution in [3.8, 4) is 0 Å². The van der Waals surface area contributed by atoms with E-state index >= 15 is 0 Å². The Balaban J connectivity index is 2.86. The first kappa shape index (κ1) is 12.8. The summed E-state index contributed by atoms with van der Waals surface area (Å²) in [5, 5.41) is 10.1. The van der Waals surface area contributed by atoms with E-state index in [1.54, 1.807) is 0 Å². The van der Waals surface area contributed by atoms with Crippen molar-refractivity contribution in [2.24, 2.45) is 11.3 Å². The van der Waals surface area contributed by atoms with Gasteiger partial charge in [0.1, 0.15) is 0 Å². The first-order valence-electron chi connectivity index (χ1n) is 6.33. The second kappa shape index (κ2) is 4.69. The molecule has 0 amide bonds. The highest BCUT2D eigenvalue weighted by atomic mass is 16.3. The Kier molecular flexibility index (Phi) is 3.99. The molecule has 1 rings (SSSR count). The Bertz CT molecular complexity index is 250. The van der Waals surface area contributed by atoms with Crippen molar-refractivity contribution < 1.29 is 5.11 Å². The zero-order valence-corrected chi connectivity index (χ0v) is 10.9. The van der Waals surface area contributed by atoms with E-state index in [0.29, 0.717) is 5.41 Å². The second-order valence-electron chi connectivity index (χ2n) is 5.49. The molecule has 2 atom stereocenters. The van der Waals surface area contributed by atoms with Crippen LogP contribution in [0.3, 0.4) is 0 Å². The van der Waals surface area contributed by atoms with E-state index < -0.39 is 0 Å². The van der Waals surface area contributed by atoms with Crippen LogP contribution in [0.5, 0.6) is 0 Å². The van der Waals surface area contributed by atoms with Crippen LogP contribution < -0.4 is 0 Å². The van der Waals surface area contributed by atoms with Crippen molar-refractivity contribution >= 4 is 0 Å². The molecule has 0 aromatic heterocycles. The molecule has 0 saturated carbocycles. The van der Waals surface area contributed by atoms with E-state index in [9.17, 15) is 5.11 Å². The molecule has 88 valence electrons. The van der Waals surface area contributed by atoms with Gasteiger partial charge in [-0.2, -0.15) is 0 Å². The first-order chi connectivity index (χ1) is 6.95. The first-order valence-corrected chi connectivity index (χ1v) is 6.33. The fraction of sp³-hybridized carbons (Fsp3) is 0.857. The maximum atomic E-state index is 10.1. The lowest BCUT2D eigenvalue weighted by molar-refractivity contribution is 0.193. The lowest BCUT2D eigenvalue weighted by Crippen LogP contribution is -2.19. The molecule has 1 aliphatic rings. The van der Waals surface area contributed by atoms with E-state index in [2.05, 4.69) is 34.6 Å². The molecular weight excluding hydrogens is 184 g/mol. The SMILES string of the molecule is CCCC(O)C1=C(C)C(C)(C)C(CC)C1. The van der Waals surface area contributed by atoms with E-state index in [1.807, 2.05) is 0 Å². The highest BCUT2D eigenvalue weighted by Gasteiger charge is 2.39. The van der Waals surface area contributed by atoms with Gasteiger partial charge in [0.2, 0.25) is 0 Å². The van der Waals surface area contributed by atoms with Gasteiger partial charge in [-0.3, -0.25) is 0 Å². The topological polar surface area (TPSA) is 20.2 Å². The number of rotatable bonds is 4. The molecule has 1 N–H and O–H groups in total. The molecule has 0 aliphatic heterocycles. The van der Waals surface area contributed by atoms with Crippen molar-refractivity contribution in [1.29, 1.82) is 0 Å². The summed E-state index contributed by atoms with van der Waals surface area (Å²) in [6.45, 7) is 11.2. The fourth-order valence-corrected chi connectivity index (χ4v) is 2.88. The Labute approximate surface area is 94.6 Å². The summed E-state index contributed by atoms with van der Waals surface area (Å²) < 4.78 is 0. The zero-order chi connectivity index (χ0) is 11.6. The van der Waals surface area contributed by atoms with Gasteiger partial charge in [0.05, 0.1) is 6.10 Å². The van der Waals surface area contributed by atoms with Gasteiger partial charge in [-0.1, -0.05) is 46.1 Å². The van der Waals surface area contributed by atoms with Crippen molar-refractivity contribution in [2.75, 3.05) is 0 Å². The number of hydrogen-bond donors (Lipinski definition) is 1. The standard InChI is InChI=1S/C14H26O/c1-6-8-13(15)12-9-11(7-2)14(4,5)10(12)3/h11,13,15H,6-9H2,1-5H3. The molecule has 0 heterocycles. The number of aliphatic hydroxyl groups is 1. The predicted molar refractivity (Wildman–Crippen MR) is 65.8 cm³/mol. The van der Waals surface area contributed by atoms with E-state index in [1.165, 1.54) is 17.6 Å². The van der Waals surface area contributed by atoms with Crippen LogP contribution in [0.1, 0.15) is 60.3 Å². The minimum absolute atomic E-state index is 0.189. The third kappa shape index (κ3) is 2.28. The Morgan fingerprint density at radius 1 is 1.40 bits per heavy atom. The summed E-state index contributed by atoms with van der Waals surface area (Å²) in [5.74, 6) is 0.721. The van der Waals surface area contributed by atoms with Gasteiger partial charge in [0.25, 0.3) is 0 Å². The molecule has 0 aromatic carbocycles. The summed E-state index contributed by atoms with van der Waals surface area (Å²) in [6, 6.07) is 0. The smallest absolute Gasteiger partial charge is 0.0752 e. The van der Waals surface area contributed by atoms with Gasteiger partial charge < -0.3 is 5.11 Å². The third-order valence-corrected chi connectivity index (χ3v) is 4.39. The van der Waals surface area contributed by atoms with Crippen LogP contribution in [-0.4, -0.2) is 11.2 Å². The Morgan fingerprint density at radius 2 is 2.00 bits per heavy atom. The maximum absolute atomic E-state index is 10.1. The van der Waals surface area contributed by atoms with Crippen molar-refractivity contribution in [1.82, 2.24) is 0 Å².